The predicted octanol–water partition coefficient (Wildman–Crippen LogP) is 5.16. The Bertz CT molecular complexity index is 1670. The predicted molar refractivity (Wildman–Crippen MR) is 162 cm³/mol. The summed E-state index contributed by atoms with van der Waals surface area (Å²) in [4.78, 5) is 31.1. The number of nitrogens with zero attached hydrogens (tertiary/aromatic N) is 7. The highest BCUT2D eigenvalue weighted by atomic mass is 16.5. The van der Waals surface area contributed by atoms with Gasteiger partial charge in [-0.3, -0.25) is 4.98 Å². The number of fused-ring (bicyclic) bond motifs is 3. The molecule has 2 atom stereocenters. The molecule has 11 nitrogen and oxygen atoms in total. The third-order valence-corrected chi connectivity index (χ3v) is 9.88. The number of ether oxygens (including phenoxy) is 1. The van der Waals surface area contributed by atoms with Crippen molar-refractivity contribution in [2.75, 3.05) is 36.0 Å². The molecule has 1 amide bonds. The summed E-state index contributed by atoms with van der Waals surface area (Å²) in [5, 5.41) is 17.6. The van der Waals surface area contributed by atoms with Crippen LogP contribution in [0.1, 0.15) is 67.6 Å². The first-order valence-electron chi connectivity index (χ1n) is 15.5. The van der Waals surface area contributed by atoms with Gasteiger partial charge in [-0.05, 0) is 74.6 Å². The van der Waals surface area contributed by atoms with Crippen molar-refractivity contribution < 1.29 is 14.6 Å². The molecule has 0 bridgehead atoms. The summed E-state index contributed by atoms with van der Waals surface area (Å²) in [6.07, 6.45) is 10.2. The Kier molecular flexibility index (Phi) is 6.43. The lowest BCUT2D eigenvalue weighted by Crippen LogP contribution is -2.47. The molecule has 8 rings (SSSR count). The smallest absolute Gasteiger partial charge is 0.405 e. The van der Waals surface area contributed by atoms with E-state index in [1.807, 2.05) is 35.3 Å². The van der Waals surface area contributed by atoms with Gasteiger partial charge in [-0.15, -0.1) is 5.10 Å². The first kappa shape index (κ1) is 26.4. The number of nitrogens with one attached hydrogen (secondary N) is 1. The Morgan fingerprint density at radius 3 is 2.77 bits per heavy atom. The van der Waals surface area contributed by atoms with Gasteiger partial charge in [-0.2, -0.15) is 0 Å². The maximum absolute atomic E-state index is 11.8. The van der Waals surface area contributed by atoms with Crippen LogP contribution in [0.25, 0.3) is 11.2 Å². The summed E-state index contributed by atoms with van der Waals surface area (Å²) >= 11 is 0. The summed E-state index contributed by atoms with van der Waals surface area (Å²) in [6, 6.07) is 12.1. The third-order valence-electron chi connectivity index (χ3n) is 9.88. The number of benzene rings is 1. The molecule has 2 N–H and O–H groups in total. The van der Waals surface area contributed by atoms with Crippen molar-refractivity contribution in [1.29, 1.82) is 0 Å². The zero-order valence-corrected chi connectivity index (χ0v) is 24.2. The van der Waals surface area contributed by atoms with E-state index in [0.717, 1.165) is 111 Å². The van der Waals surface area contributed by atoms with E-state index in [4.69, 9.17) is 19.8 Å². The molecule has 2 fully saturated rings. The average molecular weight is 581 g/mol. The number of anilines is 3. The maximum atomic E-state index is 11.8. The number of amides is 1. The van der Waals surface area contributed by atoms with Crippen LogP contribution in [0.15, 0.2) is 48.8 Å². The second-order valence-corrected chi connectivity index (χ2v) is 12.3. The van der Waals surface area contributed by atoms with Gasteiger partial charge < -0.3 is 25.0 Å². The lowest BCUT2D eigenvalue weighted by atomic mass is 9.72. The van der Waals surface area contributed by atoms with Crippen LogP contribution in [-0.2, 0) is 17.6 Å². The zero-order chi connectivity index (χ0) is 29.0. The minimum absolute atomic E-state index is 0.142. The largest absolute Gasteiger partial charge is 0.465 e. The summed E-state index contributed by atoms with van der Waals surface area (Å²) in [6.45, 7) is 3.12. The number of carbonyl (C=O) groups is 1. The molecule has 4 aliphatic rings. The summed E-state index contributed by atoms with van der Waals surface area (Å²) < 4.78 is 8.15. The molecular weight excluding hydrogens is 544 g/mol. The van der Waals surface area contributed by atoms with Gasteiger partial charge in [0, 0.05) is 37.9 Å². The standard InChI is InChI=1S/C32H36N8O3/c41-31(42)36-28-22-8-2-1-7-21(22)19-32(28)12-16-38(17-13-32)25-20-34-27-29(35-25)40(26-11-3-4-18-43-26)37-30(27)39-15-6-9-23-24(39)10-5-14-33-23/h1-2,5,7-8,10,14,20,26,28,36H,3-4,6,9,11-13,15-19H2,(H,41,42)/t26?,28-/m1/s1. The fraction of sp³-hybridized carbons (Fsp3) is 0.469. The Morgan fingerprint density at radius 2 is 1.93 bits per heavy atom. The summed E-state index contributed by atoms with van der Waals surface area (Å²) in [7, 11) is 0. The normalized spacial score (nSPS) is 22.9. The summed E-state index contributed by atoms with van der Waals surface area (Å²) in [5.74, 6) is 1.63. The number of pyridine rings is 1. The monoisotopic (exact) mass is 580 g/mol. The molecule has 3 aromatic heterocycles. The minimum Gasteiger partial charge on any atom is -0.465 e. The third kappa shape index (κ3) is 4.48. The van der Waals surface area contributed by atoms with Gasteiger partial charge >= 0.3 is 6.09 Å². The van der Waals surface area contributed by atoms with E-state index in [9.17, 15) is 9.90 Å². The number of rotatable bonds is 4. The zero-order valence-electron chi connectivity index (χ0n) is 24.2. The van der Waals surface area contributed by atoms with E-state index >= 15 is 0 Å². The van der Waals surface area contributed by atoms with Gasteiger partial charge in [0.05, 0.1) is 23.6 Å². The number of carboxylic acid groups (broad SMARTS) is 1. The van der Waals surface area contributed by atoms with Gasteiger partial charge in [-0.1, -0.05) is 24.3 Å². The van der Waals surface area contributed by atoms with Gasteiger partial charge in [0.25, 0.3) is 0 Å². The Balaban J connectivity index is 1.12. The molecular formula is C32H36N8O3. The molecule has 0 radical (unpaired) electrons. The average Bonchev–Trinajstić information content (AvgIpc) is 3.56. The highest BCUT2D eigenvalue weighted by Gasteiger charge is 2.48. The van der Waals surface area contributed by atoms with Crippen molar-refractivity contribution in [1.82, 2.24) is 30.0 Å². The molecule has 1 unspecified atom stereocenters. The Labute approximate surface area is 249 Å². The van der Waals surface area contributed by atoms with Gasteiger partial charge in [0.1, 0.15) is 5.82 Å². The first-order chi connectivity index (χ1) is 21.1. The van der Waals surface area contributed by atoms with Crippen molar-refractivity contribution in [3.63, 3.8) is 0 Å². The molecule has 222 valence electrons. The Hall–Kier alpha value is -4.25. The van der Waals surface area contributed by atoms with Crippen LogP contribution in [0.2, 0.25) is 0 Å². The molecule has 2 saturated heterocycles. The van der Waals surface area contributed by atoms with Gasteiger partial charge in [0.2, 0.25) is 0 Å². The van der Waals surface area contributed by atoms with Gasteiger partial charge in [-0.25, -0.2) is 19.4 Å². The van der Waals surface area contributed by atoms with E-state index in [0.29, 0.717) is 6.61 Å². The van der Waals surface area contributed by atoms with Crippen LogP contribution in [0.4, 0.5) is 22.1 Å². The van der Waals surface area contributed by atoms with E-state index in [1.54, 1.807) is 0 Å². The van der Waals surface area contributed by atoms with Crippen LogP contribution in [0, 0.1) is 5.41 Å². The van der Waals surface area contributed by atoms with E-state index in [2.05, 4.69) is 38.3 Å². The first-order valence-corrected chi connectivity index (χ1v) is 15.5. The lowest BCUT2D eigenvalue weighted by molar-refractivity contribution is -0.0368. The fourth-order valence-corrected chi connectivity index (χ4v) is 7.74. The minimum atomic E-state index is -0.971. The van der Waals surface area contributed by atoms with Crippen molar-refractivity contribution in [3.8, 4) is 0 Å². The summed E-state index contributed by atoms with van der Waals surface area (Å²) in [5.41, 5.74) is 5.90. The molecule has 11 heteroatoms. The van der Waals surface area contributed by atoms with Crippen molar-refractivity contribution >= 4 is 34.6 Å². The van der Waals surface area contributed by atoms with Crippen LogP contribution in [0.3, 0.4) is 0 Å². The fourth-order valence-electron chi connectivity index (χ4n) is 7.74. The van der Waals surface area contributed by atoms with Crippen LogP contribution < -0.4 is 15.1 Å². The second kappa shape index (κ2) is 10.5. The second-order valence-electron chi connectivity index (χ2n) is 12.3. The highest BCUT2D eigenvalue weighted by Crippen LogP contribution is 2.52. The van der Waals surface area contributed by atoms with E-state index in [1.165, 1.54) is 5.56 Å². The Morgan fingerprint density at radius 1 is 1.05 bits per heavy atom. The molecule has 4 aromatic rings. The van der Waals surface area contributed by atoms with Crippen molar-refractivity contribution in [3.05, 3.63) is 65.6 Å². The number of aryl methyl sites for hydroxylation is 1. The molecule has 1 aromatic carbocycles. The number of hydrogen-bond donors (Lipinski definition) is 2. The molecule has 3 aliphatic heterocycles. The number of aromatic nitrogens is 5. The van der Waals surface area contributed by atoms with Crippen molar-refractivity contribution in [2.24, 2.45) is 5.41 Å². The lowest BCUT2D eigenvalue weighted by Gasteiger charge is -2.43. The van der Waals surface area contributed by atoms with Crippen LogP contribution in [-0.4, -0.2) is 62.2 Å². The van der Waals surface area contributed by atoms with E-state index in [-0.39, 0.29) is 17.7 Å². The maximum Gasteiger partial charge on any atom is 0.405 e. The molecule has 0 saturated carbocycles. The highest BCUT2D eigenvalue weighted by molar-refractivity contribution is 5.88. The molecule has 43 heavy (non-hydrogen) atoms. The van der Waals surface area contributed by atoms with Crippen molar-refractivity contribution in [2.45, 2.75) is 63.6 Å². The SMILES string of the molecule is O=C(O)N[C@@H]1c2ccccc2CC12CCN(c1cnc3c(N4CCCc5ncccc54)nn(C4CCCCO4)c3n1)CC2. The van der Waals surface area contributed by atoms with Crippen LogP contribution >= 0.6 is 0 Å². The van der Waals surface area contributed by atoms with Gasteiger partial charge in [0.15, 0.2) is 23.2 Å². The van der Waals surface area contributed by atoms with E-state index < -0.39 is 6.09 Å². The molecule has 1 spiro atoms. The molecule has 6 heterocycles. The molecule has 1 aliphatic carbocycles. The topological polar surface area (TPSA) is 122 Å². The number of hydrogen-bond acceptors (Lipinski definition) is 8. The quantitative estimate of drug-likeness (QED) is 0.337. The van der Waals surface area contributed by atoms with Crippen LogP contribution in [0.5, 0.6) is 0 Å². The number of piperidine rings is 1.